The number of methoxy groups -OCH3 is 1. The predicted molar refractivity (Wildman–Crippen MR) is 70.5 cm³/mol. The van der Waals surface area contributed by atoms with E-state index in [1.54, 1.807) is 25.3 Å². The van der Waals surface area contributed by atoms with Crippen molar-refractivity contribution < 1.29 is 14.3 Å². The van der Waals surface area contributed by atoms with E-state index in [4.69, 9.17) is 21.1 Å². The molecule has 0 aliphatic heterocycles. The fourth-order valence-electron chi connectivity index (χ4n) is 2.33. The molecule has 0 amide bonds. The number of para-hydroxylation sites is 1. The molecule has 1 aliphatic rings. The summed E-state index contributed by atoms with van der Waals surface area (Å²) in [6, 6.07) is 5.20. The van der Waals surface area contributed by atoms with Gasteiger partial charge in [-0.3, -0.25) is 4.79 Å². The highest BCUT2D eigenvalue weighted by Gasteiger charge is 2.24. The molecule has 1 saturated carbocycles. The summed E-state index contributed by atoms with van der Waals surface area (Å²) in [6.07, 6.45) is 5.05. The zero-order chi connectivity index (χ0) is 13.0. The minimum atomic E-state index is 0.0716. The minimum Gasteiger partial charge on any atom is -0.488 e. The van der Waals surface area contributed by atoms with Crippen molar-refractivity contribution in [2.24, 2.45) is 0 Å². The zero-order valence-corrected chi connectivity index (χ0v) is 11.2. The zero-order valence-electron chi connectivity index (χ0n) is 10.4. The summed E-state index contributed by atoms with van der Waals surface area (Å²) in [4.78, 5) is 11.0. The first-order valence-corrected chi connectivity index (χ1v) is 6.55. The highest BCUT2D eigenvalue weighted by molar-refractivity contribution is 6.32. The Bertz CT molecular complexity index is 420. The summed E-state index contributed by atoms with van der Waals surface area (Å²) in [5, 5.41) is 0.485. The predicted octanol–water partition coefficient (Wildman–Crippen LogP) is 3.49. The lowest BCUT2D eigenvalue weighted by atomic mass is 9.95. The monoisotopic (exact) mass is 268 g/mol. The van der Waals surface area contributed by atoms with Gasteiger partial charge >= 0.3 is 0 Å². The second-order valence-corrected chi connectivity index (χ2v) is 4.95. The summed E-state index contributed by atoms with van der Waals surface area (Å²) >= 11 is 6.08. The van der Waals surface area contributed by atoms with Gasteiger partial charge in [0.1, 0.15) is 11.9 Å². The first-order valence-electron chi connectivity index (χ1n) is 6.17. The van der Waals surface area contributed by atoms with Crippen molar-refractivity contribution in [1.82, 2.24) is 0 Å². The number of rotatable bonds is 4. The third kappa shape index (κ3) is 3.03. The Morgan fingerprint density at radius 3 is 2.83 bits per heavy atom. The number of hydrogen-bond acceptors (Lipinski definition) is 3. The molecule has 3 nitrogen and oxygen atoms in total. The van der Waals surface area contributed by atoms with E-state index >= 15 is 0 Å². The Labute approximate surface area is 112 Å². The van der Waals surface area contributed by atoms with Crippen LogP contribution in [0.4, 0.5) is 0 Å². The van der Waals surface area contributed by atoms with Crippen LogP contribution in [0.15, 0.2) is 18.2 Å². The van der Waals surface area contributed by atoms with Gasteiger partial charge in [-0.15, -0.1) is 0 Å². The molecule has 98 valence electrons. The fourth-order valence-corrected chi connectivity index (χ4v) is 2.56. The van der Waals surface area contributed by atoms with Gasteiger partial charge < -0.3 is 9.47 Å². The van der Waals surface area contributed by atoms with Crippen LogP contribution in [0.3, 0.4) is 0 Å². The van der Waals surface area contributed by atoms with E-state index in [1.165, 1.54) is 0 Å². The molecule has 1 aromatic carbocycles. The van der Waals surface area contributed by atoms with Crippen LogP contribution in [-0.4, -0.2) is 25.6 Å². The smallest absolute Gasteiger partial charge is 0.153 e. The number of carbonyl (C=O) groups is 1. The maximum Gasteiger partial charge on any atom is 0.153 e. The van der Waals surface area contributed by atoms with Crippen molar-refractivity contribution in [2.45, 2.75) is 37.9 Å². The molecule has 4 heteroatoms. The summed E-state index contributed by atoms with van der Waals surface area (Å²) in [6.45, 7) is 0. The Balaban J connectivity index is 2.11. The van der Waals surface area contributed by atoms with E-state index < -0.39 is 0 Å². The quantitative estimate of drug-likeness (QED) is 0.784. The van der Waals surface area contributed by atoms with Crippen molar-refractivity contribution >= 4 is 17.9 Å². The molecule has 1 aliphatic carbocycles. The first kappa shape index (κ1) is 13.4. The van der Waals surface area contributed by atoms with Crippen molar-refractivity contribution in [3.8, 4) is 5.75 Å². The van der Waals surface area contributed by atoms with E-state index in [2.05, 4.69) is 0 Å². The van der Waals surface area contributed by atoms with E-state index in [1.807, 2.05) is 0 Å². The maximum absolute atomic E-state index is 11.0. The second kappa shape index (κ2) is 6.21. The highest BCUT2D eigenvalue weighted by Crippen LogP contribution is 2.32. The van der Waals surface area contributed by atoms with Crippen molar-refractivity contribution in [3.05, 3.63) is 28.8 Å². The van der Waals surface area contributed by atoms with Gasteiger partial charge in [0.05, 0.1) is 16.7 Å². The van der Waals surface area contributed by atoms with E-state index in [0.717, 1.165) is 32.0 Å². The summed E-state index contributed by atoms with van der Waals surface area (Å²) < 4.78 is 11.3. The summed E-state index contributed by atoms with van der Waals surface area (Å²) in [5.41, 5.74) is 0.502. The van der Waals surface area contributed by atoms with Gasteiger partial charge in [-0.1, -0.05) is 17.7 Å². The lowest BCUT2D eigenvalue weighted by molar-refractivity contribution is 0.0208. The molecule has 0 spiro atoms. The molecule has 0 heterocycles. The highest BCUT2D eigenvalue weighted by atomic mass is 35.5. The molecule has 1 fully saturated rings. The fraction of sp³-hybridized carbons (Fsp3) is 0.500. The number of aldehydes is 1. The molecule has 0 N–H and O–H groups in total. The van der Waals surface area contributed by atoms with Crippen LogP contribution in [0.1, 0.15) is 36.0 Å². The molecule has 0 saturated heterocycles. The Hall–Kier alpha value is -1.06. The van der Waals surface area contributed by atoms with Gasteiger partial charge in [0.2, 0.25) is 0 Å². The van der Waals surface area contributed by atoms with Gasteiger partial charge in [-0.2, -0.15) is 0 Å². The number of carbonyl (C=O) groups excluding carboxylic acids is 1. The lowest BCUT2D eigenvalue weighted by Crippen LogP contribution is -2.29. The topological polar surface area (TPSA) is 35.5 Å². The molecular weight excluding hydrogens is 252 g/mol. The maximum atomic E-state index is 11.0. The van der Waals surface area contributed by atoms with Crippen molar-refractivity contribution in [1.29, 1.82) is 0 Å². The van der Waals surface area contributed by atoms with Crippen LogP contribution in [0, 0.1) is 0 Å². The molecule has 1 aromatic rings. The second-order valence-electron chi connectivity index (χ2n) is 4.54. The molecule has 2 rings (SSSR count). The van der Waals surface area contributed by atoms with Gasteiger partial charge in [0.25, 0.3) is 0 Å². The molecule has 2 atom stereocenters. The first-order chi connectivity index (χ1) is 8.74. The average Bonchev–Trinajstić information content (AvgIpc) is 2.41. The van der Waals surface area contributed by atoms with Gasteiger partial charge in [0, 0.05) is 13.5 Å². The van der Waals surface area contributed by atoms with E-state index in [-0.39, 0.29) is 12.2 Å². The van der Waals surface area contributed by atoms with Gasteiger partial charge in [0.15, 0.2) is 6.29 Å². The largest absolute Gasteiger partial charge is 0.488 e. The molecule has 0 bridgehead atoms. The molecular formula is C14H17ClO3. The van der Waals surface area contributed by atoms with Crippen molar-refractivity contribution in [3.63, 3.8) is 0 Å². The molecule has 0 radical (unpaired) electrons. The standard InChI is InChI=1S/C14H17ClO3/c1-17-11-5-3-6-12(8-11)18-14-10(9-16)4-2-7-13(14)15/h2,4,7,9,11-12H,3,5-6,8H2,1H3. The van der Waals surface area contributed by atoms with Crippen LogP contribution in [0.2, 0.25) is 5.02 Å². The normalized spacial score (nSPS) is 23.7. The van der Waals surface area contributed by atoms with Gasteiger partial charge in [-0.25, -0.2) is 0 Å². The van der Waals surface area contributed by atoms with E-state index in [9.17, 15) is 4.79 Å². The van der Waals surface area contributed by atoms with Crippen molar-refractivity contribution in [2.75, 3.05) is 7.11 Å². The van der Waals surface area contributed by atoms with Crippen LogP contribution in [-0.2, 0) is 4.74 Å². The number of benzene rings is 1. The summed E-state index contributed by atoms with van der Waals surface area (Å²) in [5.74, 6) is 0.496. The minimum absolute atomic E-state index is 0.0716. The third-order valence-corrected chi connectivity index (χ3v) is 3.62. The SMILES string of the molecule is COC1CCCC(Oc2c(Cl)cccc2C=O)C1. The third-order valence-electron chi connectivity index (χ3n) is 3.32. The molecule has 2 unspecified atom stereocenters. The number of halogens is 1. The van der Waals surface area contributed by atoms with E-state index in [0.29, 0.717) is 16.3 Å². The number of ether oxygens (including phenoxy) is 2. The van der Waals surface area contributed by atoms with Crippen LogP contribution in [0.5, 0.6) is 5.75 Å². The lowest BCUT2D eigenvalue weighted by Gasteiger charge is -2.29. The van der Waals surface area contributed by atoms with Crippen LogP contribution in [0.25, 0.3) is 0 Å². The number of hydrogen-bond donors (Lipinski definition) is 0. The molecule has 0 aromatic heterocycles. The Kier molecular flexibility index (Phi) is 4.61. The Morgan fingerprint density at radius 2 is 2.11 bits per heavy atom. The van der Waals surface area contributed by atoms with Crippen LogP contribution >= 0.6 is 11.6 Å². The van der Waals surface area contributed by atoms with Crippen LogP contribution < -0.4 is 4.74 Å². The summed E-state index contributed by atoms with van der Waals surface area (Å²) in [7, 11) is 1.72. The van der Waals surface area contributed by atoms with Gasteiger partial charge in [-0.05, 0) is 31.4 Å². The Morgan fingerprint density at radius 1 is 1.33 bits per heavy atom. The molecule has 18 heavy (non-hydrogen) atoms. The average molecular weight is 269 g/mol.